The molecule has 0 spiro atoms. The second kappa shape index (κ2) is 13.6. The Kier molecular flexibility index (Phi) is 10.6. The number of hydrogen-bond donors (Lipinski definition) is 1. The van der Waals surface area contributed by atoms with Gasteiger partial charge in [-0.3, -0.25) is 15.0 Å². The average Bonchev–Trinajstić information content (AvgIpc) is 3.23. The van der Waals surface area contributed by atoms with Crippen molar-refractivity contribution in [3.63, 3.8) is 0 Å². The molecule has 3 rings (SSSR count). The summed E-state index contributed by atoms with van der Waals surface area (Å²) >= 11 is 0. The average molecular weight is 624 g/mol. The van der Waals surface area contributed by atoms with E-state index in [0.717, 1.165) is 11.3 Å². The van der Waals surface area contributed by atoms with Crippen LogP contribution in [0.4, 0.5) is 23.2 Å². The highest BCUT2D eigenvalue weighted by atomic mass is 19.4. The minimum atomic E-state index is -5.25. The van der Waals surface area contributed by atoms with Gasteiger partial charge in [0.15, 0.2) is 23.1 Å². The first-order valence-electron chi connectivity index (χ1n) is 14.1. The number of ketones is 1. The maximum Gasteiger partial charge on any atom is 0.491 e. The van der Waals surface area contributed by atoms with Gasteiger partial charge in [0, 0.05) is 37.8 Å². The first-order valence-corrected chi connectivity index (χ1v) is 14.1. The summed E-state index contributed by atoms with van der Waals surface area (Å²) < 4.78 is 67.2. The largest absolute Gasteiger partial charge is 0.491 e. The molecule has 1 aliphatic rings. The maximum absolute atomic E-state index is 15.4. The quantitative estimate of drug-likeness (QED) is 0.137. The molecule has 2 aromatic rings. The summed E-state index contributed by atoms with van der Waals surface area (Å²) in [5.41, 5.74) is 2.09. The summed E-state index contributed by atoms with van der Waals surface area (Å²) in [5.74, 6) is -4.74. The van der Waals surface area contributed by atoms with E-state index in [9.17, 15) is 27.6 Å². The second-order valence-electron chi connectivity index (χ2n) is 11.3. The summed E-state index contributed by atoms with van der Waals surface area (Å²) in [6.45, 7) is 10.1. The number of alkyl halides is 3. The normalized spacial score (nSPS) is 13.0. The van der Waals surface area contributed by atoms with Crippen LogP contribution < -0.4 is 14.4 Å². The molecule has 240 valence electrons. The Hall–Kier alpha value is -4.16. The highest BCUT2D eigenvalue weighted by Gasteiger charge is 2.42. The fourth-order valence-corrected chi connectivity index (χ4v) is 4.86. The van der Waals surface area contributed by atoms with Gasteiger partial charge in [0.2, 0.25) is 0 Å². The summed E-state index contributed by atoms with van der Waals surface area (Å²) in [5, 5.41) is 8.60. The zero-order valence-electron chi connectivity index (χ0n) is 25.6. The van der Waals surface area contributed by atoms with Crippen LogP contribution in [-0.2, 0) is 26.3 Å². The molecule has 0 fully saturated rings. The van der Waals surface area contributed by atoms with Gasteiger partial charge in [-0.2, -0.15) is 13.2 Å². The molecule has 9 nitrogen and oxygen atoms in total. The van der Waals surface area contributed by atoms with Crippen LogP contribution in [0.15, 0.2) is 24.3 Å². The lowest BCUT2D eigenvalue weighted by Crippen LogP contribution is -2.31. The van der Waals surface area contributed by atoms with Crippen molar-refractivity contribution < 1.29 is 46.2 Å². The Balaban J connectivity index is 1.74. The van der Waals surface area contributed by atoms with Crippen molar-refractivity contribution >= 4 is 29.2 Å². The van der Waals surface area contributed by atoms with Gasteiger partial charge >= 0.3 is 18.1 Å². The van der Waals surface area contributed by atoms with Crippen LogP contribution in [0.5, 0.6) is 11.5 Å². The van der Waals surface area contributed by atoms with Gasteiger partial charge in [0.05, 0.1) is 25.3 Å². The van der Waals surface area contributed by atoms with Crippen molar-refractivity contribution in [3.05, 3.63) is 52.3 Å². The van der Waals surface area contributed by atoms with Gasteiger partial charge in [-0.05, 0) is 61.1 Å². The van der Waals surface area contributed by atoms with Crippen molar-refractivity contribution in [1.82, 2.24) is 4.90 Å². The predicted molar refractivity (Wildman–Crippen MR) is 155 cm³/mol. The highest BCUT2D eigenvalue weighted by Crippen LogP contribution is 2.39. The molecule has 44 heavy (non-hydrogen) atoms. The maximum atomic E-state index is 15.4. The van der Waals surface area contributed by atoms with Crippen molar-refractivity contribution in [2.45, 2.75) is 65.6 Å². The van der Waals surface area contributed by atoms with E-state index < -0.39 is 35.8 Å². The van der Waals surface area contributed by atoms with Crippen LogP contribution in [-0.4, -0.2) is 68.0 Å². The molecule has 0 saturated heterocycles. The van der Waals surface area contributed by atoms with Crippen LogP contribution in [0.3, 0.4) is 0 Å². The third-order valence-corrected chi connectivity index (χ3v) is 6.96. The van der Waals surface area contributed by atoms with E-state index in [-0.39, 0.29) is 61.3 Å². The molecule has 2 aromatic carbocycles. The minimum absolute atomic E-state index is 0.0627. The molecule has 0 amide bonds. The first kappa shape index (κ1) is 34.3. The molecule has 0 aromatic heterocycles. The fraction of sp³-hybridized carbons (Fsp3) is 0.484. The van der Waals surface area contributed by atoms with E-state index >= 15 is 4.39 Å². The molecule has 0 radical (unpaired) electrons. The Morgan fingerprint density at radius 1 is 1.05 bits per heavy atom. The number of nitrogens with zero attached hydrogens (tertiary/aromatic N) is 2. The zero-order valence-corrected chi connectivity index (χ0v) is 25.6. The molecule has 13 heteroatoms. The van der Waals surface area contributed by atoms with E-state index in [0.29, 0.717) is 17.7 Å². The van der Waals surface area contributed by atoms with E-state index in [4.69, 9.17) is 14.9 Å². The molecular weight excluding hydrogens is 586 g/mol. The third-order valence-electron chi connectivity index (χ3n) is 6.96. The topological polar surface area (TPSA) is 109 Å². The van der Waals surface area contributed by atoms with Crippen molar-refractivity contribution in [3.8, 4) is 11.5 Å². The number of rotatable bonds is 12. The number of hydrogen-bond acceptors (Lipinski definition) is 8. The number of nitrogens with one attached hydrogen (secondary N) is 1. The monoisotopic (exact) mass is 623 g/mol. The molecule has 0 unspecified atom stereocenters. The number of Topliss-reactive ketones (excluding diaryl/α,β-unsaturated/α-hetero) is 1. The van der Waals surface area contributed by atoms with Crippen LogP contribution in [0.1, 0.15) is 74.5 Å². The van der Waals surface area contributed by atoms with Crippen LogP contribution in [0.2, 0.25) is 0 Å². The summed E-state index contributed by atoms with van der Waals surface area (Å²) in [4.78, 5) is 39.2. The fourth-order valence-electron chi connectivity index (χ4n) is 4.86. The smallest absolute Gasteiger partial charge is 0.490 e. The lowest BCUT2D eigenvalue weighted by Gasteiger charge is -2.29. The lowest BCUT2D eigenvalue weighted by molar-refractivity contribution is -0.201. The number of fused-ring (bicyclic) bond motifs is 1. The molecule has 1 heterocycles. The highest BCUT2D eigenvalue weighted by molar-refractivity contribution is 6.06. The third kappa shape index (κ3) is 7.86. The Labute approximate surface area is 253 Å². The Morgan fingerprint density at radius 2 is 1.70 bits per heavy atom. The molecule has 0 atom stereocenters. The standard InChI is InChI=1S/C31H37F4N3O6/c1-7-42-23-15-19-16-38(28(36)25(19)26(32)27(23)43-8-2)17-22(39)18-11-12-21(20(14-18)30(3,4)5)37(6)13-9-10-24(40)44-29(41)31(33,34)35/h11-12,14-15,36H,7-10,13,16-17H2,1-6H3. The first-order chi connectivity index (χ1) is 20.5. The van der Waals surface area contributed by atoms with E-state index in [1.165, 1.54) is 4.90 Å². The second-order valence-corrected chi connectivity index (χ2v) is 11.3. The van der Waals surface area contributed by atoms with Gasteiger partial charge in [-0.25, -0.2) is 9.18 Å². The van der Waals surface area contributed by atoms with Crippen molar-refractivity contribution in [2.75, 3.05) is 38.3 Å². The minimum Gasteiger partial charge on any atom is -0.490 e. The van der Waals surface area contributed by atoms with Crippen LogP contribution >= 0.6 is 0 Å². The number of anilines is 1. The number of esters is 2. The summed E-state index contributed by atoms with van der Waals surface area (Å²) in [7, 11) is 1.74. The number of carbonyl (C=O) groups excluding carboxylic acids is 3. The van der Waals surface area contributed by atoms with Crippen LogP contribution in [0.25, 0.3) is 0 Å². The van der Waals surface area contributed by atoms with E-state index in [2.05, 4.69) is 4.74 Å². The van der Waals surface area contributed by atoms with Crippen molar-refractivity contribution in [1.29, 1.82) is 5.41 Å². The van der Waals surface area contributed by atoms with E-state index in [1.54, 1.807) is 50.1 Å². The van der Waals surface area contributed by atoms with Gasteiger partial charge in [-0.15, -0.1) is 0 Å². The van der Waals surface area contributed by atoms with Gasteiger partial charge in [-0.1, -0.05) is 20.8 Å². The van der Waals surface area contributed by atoms with Gasteiger partial charge < -0.3 is 24.0 Å². The number of carbonyl (C=O) groups is 3. The predicted octanol–water partition coefficient (Wildman–Crippen LogP) is 5.79. The molecule has 1 aliphatic heterocycles. The zero-order chi connectivity index (χ0) is 33.0. The molecule has 0 saturated carbocycles. The Bertz CT molecular complexity index is 1430. The van der Waals surface area contributed by atoms with Gasteiger partial charge in [0.25, 0.3) is 0 Å². The SMILES string of the molecule is CCOc1cc2c(c(F)c1OCC)C(=N)N(CC(=O)c1ccc(N(C)CCCC(=O)OC(=O)C(F)(F)F)c(C(C)(C)C)c1)C2. The van der Waals surface area contributed by atoms with Crippen molar-refractivity contribution in [2.24, 2.45) is 0 Å². The lowest BCUT2D eigenvalue weighted by atomic mass is 9.84. The molecular formula is C31H37F4N3O6. The summed E-state index contributed by atoms with van der Waals surface area (Å²) in [6, 6.07) is 6.76. The number of halogens is 4. The molecule has 0 bridgehead atoms. The number of benzene rings is 2. The number of ether oxygens (including phenoxy) is 3. The Morgan fingerprint density at radius 3 is 2.30 bits per heavy atom. The van der Waals surface area contributed by atoms with Crippen LogP contribution in [0, 0.1) is 11.2 Å². The van der Waals surface area contributed by atoms with Gasteiger partial charge in [0.1, 0.15) is 5.84 Å². The summed E-state index contributed by atoms with van der Waals surface area (Å²) in [6.07, 6.45) is -5.52. The molecule has 0 aliphatic carbocycles. The number of amidine groups is 1. The molecule has 1 N–H and O–H groups in total. The van der Waals surface area contributed by atoms with E-state index in [1.807, 2.05) is 20.8 Å².